The lowest BCUT2D eigenvalue weighted by Gasteiger charge is -2.07. The smallest absolute Gasteiger partial charge is 0.230 e. The van der Waals surface area contributed by atoms with E-state index >= 15 is 0 Å². The highest BCUT2D eigenvalue weighted by Crippen LogP contribution is 2.20. The van der Waals surface area contributed by atoms with E-state index in [9.17, 15) is 4.79 Å². The molecule has 0 aliphatic carbocycles. The molecular weight excluding hydrogens is 334 g/mol. The fourth-order valence-electron chi connectivity index (χ4n) is 2.39. The number of aryl methyl sites for hydroxylation is 1. The Bertz CT molecular complexity index is 834. The predicted octanol–water partition coefficient (Wildman–Crippen LogP) is 2.42. The second-order valence-corrected chi connectivity index (χ2v) is 6.48. The average Bonchev–Trinajstić information content (AvgIpc) is 3.10. The molecule has 3 aromatic rings. The molecule has 0 aliphatic rings. The maximum atomic E-state index is 12.0. The lowest BCUT2D eigenvalue weighted by Crippen LogP contribution is -2.27. The number of rotatable bonds is 7. The minimum absolute atomic E-state index is 0.0275. The standard InChI is InChI=1S/C18H19N5OS/c1-14-7-5-6-10-16(14)23-18(20-21-22-23)25-13-17(24)19-12-11-15-8-3-2-4-9-15/h2-10H,11-13H2,1H3,(H,19,24). The number of hydrogen-bond donors (Lipinski definition) is 1. The van der Waals surface area contributed by atoms with E-state index in [1.807, 2.05) is 49.4 Å². The molecule has 0 unspecified atom stereocenters. The average molecular weight is 353 g/mol. The Morgan fingerprint density at radius 3 is 2.68 bits per heavy atom. The largest absolute Gasteiger partial charge is 0.355 e. The van der Waals surface area contributed by atoms with Gasteiger partial charge in [-0.15, -0.1) is 5.10 Å². The van der Waals surface area contributed by atoms with Crippen molar-refractivity contribution in [2.75, 3.05) is 12.3 Å². The summed E-state index contributed by atoms with van der Waals surface area (Å²) in [5, 5.41) is 15.3. The number of nitrogens with one attached hydrogen (secondary N) is 1. The van der Waals surface area contributed by atoms with Crippen LogP contribution < -0.4 is 5.32 Å². The SMILES string of the molecule is Cc1ccccc1-n1nnnc1SCC(=O)NCCc1ccccc1. The molecule has 128 valence electrons. The molecule has 0 saturated heterocycles. The molecule has 1 amide bonds. The molecule has 1 N–H and O–H groups in total. The number of carbonyl (C=O) groups excluding carboxylic acids is 1. The van der Waals surface area contributed by atoms with Crippen LogP contribution in [0.1, 0.15) is 11.1 Å². The highest BCUT2D eigenvalue weighted by Gasteiger charge is 2.12. The van der Waals surface area contributed by atoms with Gasteiger partial charge in [0.1, 0.15) is 0 Å². The number of thioether (sulfide) groups is 1. The van der Waals surface area contributed by atoms with Crippen LogP contribution in [0.4, 0.5) is 0 Å². The van der Waals surface area contributed by atoms with Gasteiger partial charge in [0.2, 0.25) is 11.1 Å². The van der Waals surface area contributed by atoms with Gasteiger partial charge in [0.15, 0.2) is 0 Å². The highest BCUT2D eigenvalue weighted by atomic mass is 32.2. The number of tetrazole rings is 1. The molecule has 0 radical (unpaired) electrons. The fraction of sp³-hybridized carbons (Fsp3) is 0.222. The van der Waals surface area contributed by atoms with Gasteiger partial charge in [-0.1, -0.05) is 60.3 Å². The fourth-order valence-corrected chi connectivity index (χ4v) is 3.11. The lowest BCUT2D eigenvalue weighted by atomic mass is 10.1. The molecule has 7 heteroatoms. The summed E-state index contributed by atoms with van der Waals surface area (Å²) in [6.07, 6.45) is 0.818. The van der Waals surface area contributed by atoms with Gasteiger partial charge in [-0.2, -0.15) is 4.68 Å². The third-order valence-corrected chi connectivity index (χ3v) is 4.61. The van der Waals surface area contributed by atoms with E-state index < -0.39 is 0 Å². The monoisotopic (exact) mass is 353 g/mol. The molecule has 0 fully saturated rings. The molecule has 2 aromatic carbocycles. The summed E-state index contributed by atoms with van der Waals surface area (Å²) in [6.45, 7) is 2.62. The first-order valence-corrected chi connectivity index (χ1v) is 9.00. The second kappa shape index (κ2) is 8.43. The molecule has 0 atom stereocenters. The third-order valence-electron chi connectivity index (χ3n) is 3.70. The normalized spacial score (nSPS) is 10.6. The number of para-hydroxylation sites is 1. The zero-order chi connectivity index (χ0) is 17.5. The summed E-state index contributed by atoms with van der Waals surface area (Å²) < 4.78 is 1.66. The molecule has 0 aliphatic heterocycles. The van der Waals surface area contributed by atoms with Crippen LogP contribution in [0.25, 0.3) is 5.69 Å². The molecule has 1 aromatic heterocycles. The number of aromatic nitrogens is 4. The number of benzene rings is 2. The van der Waals surface area contributed by atoms with Gasteiger partial charge >= 0.3 is 0 Å². The summed E-state index contributed by atoms with van der Waals surface area (Å²) in [5.74, 6) is 0.251. The van der Waals surface area contributed by atoms with Gasteiger partial charge in [0.05, 0.1) is 11.4 Å². The van der Waals surface area contributed by atoms with E-state index in [0.29, 0.717) is 11.7 Å². The Labute approximate surface area is 150 Å². The van der Waals surface area contributed by atoms with Gasteiger partial charge in [0, 0.05) is 6.54 Å². The van der Waals surface area contributed by atoms with Crippen LogP contribution in [0.5, 0.6) is 0 Å². The molecular formula is C18H19N5OS. The van der Waals surface area contributed by atoms with E-state index in [0.717, 1.165) is 17.7 Å². The Balaban J connectivity index is 1.52. The number of hydrogen-bond acceptors (Lipinski definition) is 5. The zero-order valence-corrected chi connectivity index (χ0v) is 14.7. The van der Waals surface area contributed by atoms with Crippen molar-refractivity contribution in [1.29, 1.82) is 0 Å². The molecule has 3 rings (SSSR count). The minimum atomic E-state index is -0.0275. The molecule has 0 saturated carbocycles. The van der Waals surface area contributed by atoms with Gasteiger partial charge in [-0.05, 0) is 41.0 Å². The van der Waals surface area contributed by atoms with Crippen molar-refractivity contribution in [3.63, 3.8) is 0 Å². The Morgan fingerprint density at radius 2 is 1.88 bits per heavy atom. The predicted molar refractivity (Wildman–Crippen MR) is 97.8 cm³/mol. The van der Waals surface area contributed by atoms with Crippen LogP contribution in [-0.2, 0) is 11.2 Å². The van der Waals surface area contributed by atoms with Crippen molar-refractivity contribution in [2.24, 2.45) is 0 Å². The van der Waals surface area contributed by atoms with Crippen LogP contribution in [0, 0.1) is 6.92 Å². The van der Waals surface area contributed by atoms with E-state index in [-0.39, 0.29) is 11.7 Å². The van der Waals surface area contributed by atoms with E-state index in [1.165, 1.54) is 17.3 Å². The quantitative estimate of drug-likeness (QED) is 0.661. The van der Waals surface area contributed by atoms with Crippen molar-refractivity contribution >= 4 is 17.7 Å². The van der Waals surface area contributed by atoms with Crippen molar-refractivity contribution in [2.45, 2.75) is 18.5 Å². The topological polar surface area (TPSA) is 72.7 Å². The summed E-state index contributed by atoms with van der Waals surface area (Å²) in [6, 6.07) is 17.9. The van der Waals surface area contributed by atoms with Crippen molar-refractivity contribution < 1.29 is 4.79 Å². The zero-order valence-electron chi connectivity index (χ0n) is 13.9. The van der Waals surface area contributed by atoms with E-state index in [1.54, 1.807) is 4.68 Å². The maximum absolute atomic E-state index is 12.0. The summed E-state index contributed by atoms with van der Waals surface area (Å²) in [5.41, 5.74) is 3.20. The molecule has 6 nitrogen and oxygen atoms in total. The maximum Gasteiger partial charge on any atom is 0.230 e. The van der Waals surface area contributed by atoms with E-state index in [4.69, 9.17) is 0 Å². The molecule has 0 bridgehead atoms. The van der Waals surface area contributed by atoms with Gasteiger partial charge in [0.25, 0.3) is 0 Å². The van der Waals surface area contributed by atoms with E-state index in [2.05, 4.69) is 33.0 Å². The number of carbonyl (C=O) groups is 1. The summed E-state index contributed by atoms with van der Waals surface area (Å²) in [4.78, 5) is 12.0. The van der Waals surface area contributed by atoms with Gasteiger partial charge < -0.3 is 5.32 Å². The van der Waals surface area contributed by atoms with Crippen LogP contribution in [-0.4, -0.2) is 38.4 Å². The van der Waals surface area contributed by atoms with Gasteiger partial charge in [-0.25, -0.2) is 0 Å². The summed E-state index contributed by atoms with van der Waals surface area (Å²) >= 11 is 1.33. The molecule has 25 heavy (non-hydrogen) atoms. The van der Waals surface area contributed by atoms with Crippen molar-refractivity contribution in [3.05, 3.63) is 65.7 Å². The number of nitrogens with zero attached hydrogens (tertiary/aromatic N) is 4. The van der Waals surface area contributed by atoms with Crippen LogP contribution in [0.15, 0.2) is 59.8 Å². The first-order chi connectivity index (χ1) is 12.2. The lowest BCUT2D eigenvalue weighted by molar-refractivity contribution is -0.118. The van der Waals surface area contributed by atoms with Crippen molar-refractivity contribution in [1.82, 2.24) is 25.5 Å². The highest BCUT2D eigenvalue weighted by molar-refractivity contribution is 7.99. The van der Waals surface area contributed by atoms with Crippen LogP contribution in [0.2, 0.25) is 0 Å². The van der Waals surface area contributed by atoms with Crippen LogP contribution in [0.3, 0.4) is 0 Å². The second-order valence-electron chi connectivity index (χ2n) is 5.53. The minimum Gasteiger partial charge on any atom is -0.355 e. The van der Waals surface area contributed by atoms with Crippen LogP contribution >= 0.6 is 11.8 Å². The summed E-state index contributed by atoms with van der Waals surface area (Å²) in [7, 11) is 0. The number of amides is 1. The first-order valence-electron chi connectivity index (χ1n) is 8.02. The Kier molecular flexibility index (Phi) is 5.79. The molecule has 0 spiro atoms. The van der Waals surface area contributed by atoms with Crippen molar-refractivity contribution in [3.8, 4) is 5.69 Å². The van der Waals surface area contributed by atoms with Gasteiger partial charge in [-0.3, -0.25) is 4.79 Å². The Morgan fingerprint density at radius 1 is 1.12 bits per heavy atom. The third kappa shape index (κ3) is 4.67. The first kappa shape index (κ1) is 17.2. The molecule has 1 heterocycles. The Hall–Kier alpha value is -2.67.